The van der Waals surface area contributed by atoms with Crippen LogP contribution in [0.5, 0.6) is 0 Å². The molecule has 0 saturated carbocycles. The normalized spacial score (nSPS) is 10.5. The number of carbonyl (C=O) groups excluding carboxylic acids is 2. The van der Waals surface area contributed by atoms with Gasteiger partial charge in [-0.15, -0.1) is 0 Å². The molecule has 0 aliphatic rings. The molecular formula is C24H26N4O2. The molecule has 0 saturated heterocycles. The Morgan fingerprint density at radius 2 is 1.77 bits per heavy atom. The first-order valence-corrected chi connectivity index (χ1v) is 10.2. The molecule has 0 atom stereocenters. The summed E-state index contributed by atoms with van der Waals surface area (Å²) in [7, 11) is 0. The fourth-order valence-corrected chi connectivity index (χ4v) is 3.42. The predicted octanol–water partition coefficient (Wildman–Crippen LogP) is 3.87. The number of rotatable bonds is 10. The van der Waals surface area contributed by atoms with E-state index in [2.05, 4.69) is 40.3 Å². The van der Waals surface area contributed by atoms with Crippen molar-refractivity contribution in [2.24, 2.45) is 0 Å². The topological polar surface area (TPSA) is 78.1 Å². The monoisotopic (exact) mass is 402 g/mol. The number of hydrogen-bond acceptors (Lipinski definition) is 3. The van der Waals surface area contributed by atoms with E-state index in [0.29, 0.717) is 13.1 Å². The van der Waals surface area contributed by atoms with Gasteiger partial charge in [-0.2, -0.15) is 5.26 Å². The van der Waals surface area contributed by atoms with Crippen LogP contribution in [-0.4, -0.2) is 29.5 Å². The van der Waals surface area contributed by atoms with Crippen molar-refractivity contribution in [3.8, 4) is 6.07 Å². The zero-order valence-electron chi connectivity index (χ0n) is 17.0. The lowest BCUT2D eigenvalue weighted by molar-refractivity contribution is -0.125. The predicted molar refractivity (Wildman–Crippen MR) is 118 cm³/mol. The Labute approximate surface area is 176 Å². The SMILES string of the molecule is N#CCCN(C(=O)CCC(=O)NCCCn1ccc2ccccc21)c1ccccc1. The first kappa shape index (κ1) is 21.1. The molecule has 2 aromatic carbocycles. The van der Waals surface area contributed by atoms with E-state index in [1.54, 1.807) is 4.90 Å². The molecule has 6 heteroatoms. The molecule has 6 nitrogen and oxygen atoms in total. The summed E-state index contributed by atoms with van der Waals surface area (Å²) in [4.78, 5) is 26.3. The summed E-state index contributed by atoms with van der Waals surface area (Å²) in [5, 5.41) is 13.0. The summed E-state index contributed by atoms with van der Waals surface area (Å²) < 4.78 is 2.18. The minimum absolute atomic E-state index is 0.119. The van der Waals surface area contributed by atoms with E-state index in [4.69, 9.17) is 5.26 Å². The van der Waals surface area contributed by atoms with Gasteiger partial charge in [-0.1, -0.05) is 36.4 Å². The Bertz CT molecular complexity index is 1020. The summed E-state index contributed by atoms with van der Waals surface area (Å²) in [6.45, 7) is 1.71. The quantitative estimate of drug-likeness (QED) is 0.523. The summed E-state index contributed by atoms with van der Waals surface area (Å²) >= 11 is 0. The van der Waals surface area contributed by atoms with Crippen LogP contribution in [0.3, 0.4) is 0 Å². The number of fused-ring (bicyclic) bond motifs is 1. The molecule has 0 aliphatic carbocycles. The maximum Gasteiger partial charge on any atom is 0.227 e. The summed E-state index contributed by atoms with van der Waals surface area (Å²) in [5.41, 5.74) is 1.94. The highest BCUT2D eigenvalue weighted by atomic mass is 16.2. The number of carbonyl (C=O) groups is 2. The van der Waals surface area contributed by atoms with Crippen LogP contribution in [0.25, 0.3) is 10.9 Å². The van der Waals surface area contributed by atoms with E-state index in [-0.39, 0.29) is 31.1 Å². The van der Waals surface area contributed by atoms with E-state index in [1.165, 1.54) is 10.9 Å². The first-order valence-electron chi connectivity index (χ1n) is 10.2. The second-order valence-corrected chi connectivity index (χ2v) is 7.06. The molecular weight excluding hydrogens is 376 g/mol. The fourth-order valence-electron chi connectivity index (χ4n) is 3.42. The fraction of sp³-hybridized carbons (Fsp3) is 0.292. The second-order valence-electron chi connectivity index (χ2n) is 7.06. The van der Waals surface area contributed by atoms with Crippen molar-refractivity contribution in [1.29, 1.82) is 5.26 Å². The van der Waals surface area contributed by atoms with Crippen molar-refractivity contribution in [2.75, 3.05) is 18.0 Å². The van der Waals surface area contributed by atoms with Crippen LogP contribution in [-0.2, 0) is 16.1 Å². The number of aryl methyl sites for hydroxylation is 1. The molecule has 0 radical (unpaired) electrons. The number of nitriles is 1. The lowest BCUT2D eigenvalue weighted by Gasteiger charge is -2.21. The van der Waals surface area contributed by atoms with Crippen LogP contribution < -0.4 is 10.2 Å². The van der Waals surface area contributed by atoms with Gasteiger partial charge < -0.3 is 14.8 Å². The molecule has 154 valence electrons. The molecule has 3 rings (SSSR count). The third-order valence-electron chi connectivity index (χ3n) is 4.96. The van der Waals surface area contributed by atoms with Gasteiger partial charge >= 0.3 is 0 Å². The molecule has 0 spiro atoms. The van der Waals surface area contributed by atoms with E-state index in [1.807, 2.05) is 42.5 Å². The van der Waals surface area contributed by atoms with Crippen LogP contribution in [0.15, 0.2) is 66.9 Å². The van der Waals surface area contributed by atoms with Crippen LogP contribution in [0, 0.1) is 11.3 Å². The Balaban J connectivity index is 1.42. The lowest BCUT2D eigenvalue weighted by Crippen LogP contribution is -2.33. The smallest absolute Gasteiger partial charge is 0.227 e. The molecule has 1 aromatic heterocycles. The van der Waals surface area contributed by atoms with Gasteiger partial charge in [-0.25, -0.2) is 0 Å². The van der Waals surface area contributed by atoms with Gasteiger partial charge in [-0.3, -0.25) is 9.59 Å². The Morgan fingerprint density at radius 3 is 2.57 bits per heavy atom. The van der Waals surface area contributed by atoms with Gasteiger partial charge in [0.2, 0.25) is 11.8 Å². The number of aromatic nitrogens is 1. The zero-order chi connectivity index (χ0) is 21.2. The summed E-state index contributed by atoms with van der Waals surface area (Å²) in [6.07, 6.45) is 3.39. The first-order chi connectivity index (χ1) is 14.7. The lowest BCUT2D eigenvalue weighted by atomic mass is 10.2. The van der Waals surface area contributed by atoms with E-state index in [0.717, 1.165) is 18.7 Å². The van der Waals surface area contributed by atoms with E-state index >= 15 is 0 Å². The number of nitrogens with one attached hydrogen (secondary N) is 1. The third-order valence-corrected chi connectivity index (χ3v) is 4.96. The molecule has 2 amide bonds. The summed E-state index contributed by atoms with van der Waals surface area (Å²) in [5.74, 6) is -0.278. The molecule has 0 aliphatic heterocycles. The molecule has 1 N–H and O–H groups in total. The largest absolute Gasteiger partial charge is 0.356 e. The Kier molecular flexibility index (Phi) is 7.62. The van der Waals surface area contributed by atoms with Crippen LogP contribution in [0.2, 0.25) is 0 Å². The standard InChI is InChI=1S/C24H26N4O2/c25-15-6-18-28(21-9-2-1-3-10-21)24(30)13-12-23(29)26-16-7-17-27-19-14-20-8-4-5-11-22(20)27/h1-5,8-11,14,19H,6-7,12-13,16-18H2,(H,26,29). The maximum absolute atomic E-state index is 12.6. The van der Waals surface area contributed by atoms with Gasteiger partial charge in [0.15, 0.2) is 0 Å². The molecule has 30 heavy (non-hydrogen) atoms. The highest BCUT2D eigenvalue weighted by Crippen LogP contribution is 2.16. The second kappa shape index (κ2) is 10.8. The number of nitrogens with zero attached hydrogens (tertiary/aromatic N) is 3. The van der Waals surface area contributed by atoms with E-state index in [9.17, 15) is 9.59 Å². The number of hydrogen-bond donors (Lipinski definition) is 1. The van der Waals surface area contributed by atoms with Gasteiger partial charge in [-0.05, 0) is 36.1 Å². The maximum atomic E-state index is 12.6. The Hall–Kier alpha value is -3.59. The molecule has 0 fully saturated rings. The van der Waals surface area contributed by atoms with Crippen LogP contribution in [0.1, 0.15) is 25.7 Å². The zero-order valence-corrected chi connectivity index (χ0v) is 17.0. The summed E-state index contributed by atoms with van der Waals surface area (Å²) in [6, 6.07) is 21.6. The van der Waals surface area contributed by atoms with Gasteiger partial charge in [0.1, 0.15) is 0 Å². The number of para-hydroxylation sites is 2. The highest BCUT2D eigenvalue weighted by molar-refractivity contribution is 5.95. The third kappa shape index (κ3) is 5.71. The van der Waals surface area contributed by atoms with Gasteiger partial charge in [0.05, 0.1) is 12.5 Å². The molecule has 0 unspecified atom stereocenters. The minimum atomic E-state index is -0.148. The highest BCUT2D eigenvalue weighted by Gasteiger charge is 2.16. The average Bonchev–Trinajstić information content (AvgIpc) is 3.19. The molecule has 3 aromatic rings. The Morgan fingerprint density at radius 1 is 1.00 bits per heavy atom. The van der Waals surface area contributed by atoms with Crippen LogP contribution in [0.4, 0.5) is 5.69 Å². The van der Waals surface area contributed by atoms with Crippen molar-refractivity contribution in [3.05, 3.63) is 66.9 Å². The number of benzene rings is 2. The minimum Gasteiger partial charge on any atom is -0.356 e. The van der Waals surface area contributed by atoms with Crippen molar-refractivity contribution >= 4 is 28.4 Å². The van der Waals surface area contributed by atoms with Crippen molar-refractivity contribution in [2.45, 2.75) is 32.2 Å². The number of amides is 2. The van der Waals surface area contributed by atoms with Crippen LogP contribution >= 0.6 is 0 Å². The van der Waals surface area contributed by atoms with Crippen molar-refractivity contribution in [3.63, 3.8) is 0 Å². The van der Waals surface area contributed by atoms with E-state index < -0.39 is 0 Å². The van der Waals surface area contributed by atoms with Gasteiger partial charge in [0, 0.05) is 49.9 Å². The van der Waals surface area contributed by atoms with Gasteiger partial charge in [0.25, 0.3) is 0 Å². The average molecular weight is 402 g/mol. The van der Waals surface area contributed by atoms with Crippen molar-refractivity contribution in [1.82, 2.24) is 9.88 Å². The molecule has 1 heterocycles. The van der Waals surface area contributed by atoms with Crippen molar-refractivity contribution < 1.29 is 9.59 Å². The molecule has 0 bridgehead atoms. The number of anilines is 1.